The van der Waals surface area contributed by atoms with Gasteiger partial charge < -0.3 is 4.74 Å². The molecule has 1 aliphatic heterocycles. The van der Waals surface area contributed by atoms with Crippen molar-refractivity contribution in [1.82, 2.24) is 10.1 Å². The van der Waals surface area contributed by atoms with Gasteiger partial charge in [0.15, 0.2) is 0 Å². The number of unbranched alkanes of at least 4 members (excludes halogenated alkanes) is 2. The Bertz CT molecular complexity index is 1250. The third-order valence-corrected chi connectivity index (χ3v) is 6.65. The van der Waals surface area contributed by atoms with Gasteiger partial charge in [-0.15, -0.1) is 0 Å². The molecule has 2 heterocycles. The van der Waals surface area contributed by atoms with Crippen LogP contribution >= 0.6 is 11.8 Å². The highest BCUT2D eigenvalue weighted by atomic mass is 32.2. The Morgan fingerprint density at radius 3 is 2.68 bits per heavy atom. The molecule has 176 valence electrons. The standard InChI is InChI=1S/C26H28N4O3S/c1-4-5-8-17-34-26-27-25(32)24-21-9-6-7-10-22(21)29(18(2)31)23(30(24)28-26)16-13-19-11-14-20(33-3)15-12-19/h6-7,9-16,23H,4-5,8,17H2,1-3H3/p+1/b16-13+/t23-/m1/s1. The van der Waals surface area contributed by atoms with E-state index >= 15 is 0 Å². The van der Waals surface area contributed by atoms with Gasteiger partial charge in [0.05, 0.1) is 18.4 Å². The van der Waals surface area contributed by atoms with Crippen LogP contribution in [0.4, 0.5) is 5.69 Å². The number of methoxy groups -OCH3 is 1. The number of para-hydroxylation sites is 1. The molecule has 1 aromatic heterocycles. The van der Waals surface area contributed by atoms with Gasteiger partial charge in [0.2, 0.25) is 11.1 Å². The van der Waals surface area contributed by atoms with Gasteiger partial charge in [0.25, 0.3) is 6.17 Å². The molecular formula is C26H29N4O3S+. The van der Waals surface area contributed by atoms with Crippen LogP contribution in [0.25, 0.3) is 17.3 Å². The molecule has 1 atom stereocenters. The van der Waals surface area contributed by atoms with E-state index in [2.05, 4.69) is 11.9 Å². The Kier molecular flexibility index (Phi) is 7.47. The van der Waals surface area contributed by atoms with Crippen molar-refractivity contribution in [2.75, 3.05) is 17.8 Å². The zero-order chi connectivity index (χ0) is 24.1. The number of H-pyrrole nitrogens is 1. The molecule has 0 saturated carbocycles. The predicted octanol–water partition coefficient (Wildman–Crippen LogP) is 4.59. The topological polar surface area (TPSA) is 79.2 Å². The average molecular weight is 478 g/mol. The van der Waals surface area contributed by atoms with Gasteiger partial charge in [-0.25, -0.2) is 4.90 Å². The largest absolute Gasteiger partial charge is 0.497 e. The monoisotopic (exact) mass is 477 g/mol. The molecule has 0 unspecified atom stereocenters. The van der Waals surface area contributed by atoms with Crippen LogP contribution in [0.5, 0.6) is 5.75 Å². The Balaban J connectivity index is 1.80. The second-order valence-electron chi connectivity index (χ2n) is 8.06. The molecule has 1 amide bonds. The molecule has 0 spiro atoms. The van der Waals surface area contributed by atoms with Crippen molar-refractivity contribution in [3.8, 4) is 17.0 Å². The lowest BCUT2D eigenvalue weighted by molar-refractivity contribution is -0.761. The van der Waals surface area contributed by atoms with Crippen LogP contribution in [0.15, 0.2) is 64.6 Å². The number of rotatable bonds is 8. The molecule has 0 fully saturated rings. The first-order valence-corrected chi connectivity index (χ1v) is 12.4. The van der Waals surface area contributed by atoms with Gasteiger partial charge in [-0.3, -0.25) is 14.6 Å². The highest BCUT2D eigenvalue weighted by Crippen LogP contribution is 2.35. The number of nitrogens with one attached hydrogen (secondary N) is 1. The lowest BCUT2D eigenvalue weighted by atomic mass is 10.0. The molecule has 4 rings (SSSR count). The van der Waals surface area contributed by atoms with Crippen LogP contribution < -0.4 is 19.9 Å². The quantitative estimate of drug-likeness (QED) is 0.292. The number of aromatic nitrogens is 3. The molecule has 0 aliphatic carbocycles. The summed E-state index contributed by atoms with van der Waals surface area (Å²) >= 11 is 1.53. The molecule has 3 aromatic rings. The van der Waals surface area contributed by atoms with Gasteiger partial charge in [-0.1, -0.05) is 61.9 Å². The van der Waals surface area contributed by atoms with Crippen molar-refractivity contribution in [3.05, 3.63) is 70.5 Å². The Hall–Kier alpha value is -3.39. The predicted molar refractivity (Wildman–Crippen MR) is 135 cm³/mol. The summed E-state index contributed by atoms with van der Waals surface area (Å²) in [7, 11) is 1.63. The summed E-state index contributed by atoms with van der Waals surface area (Å²) < 4.78 is 6.91. The van der Waals surface area contributed by atoms with Crippen LogP contribution in [-0.4, -0.2) is 28.9 Å². The third-order valence-electron chi connectivity index (χ3n) is 5.70. The summed E-state index contributed by atoms with van der Waals surface area (Å²) in [4.78, 5) is 30.7. The van der Waals surface area contributed by atoms with Crippen molar-refractivity contribution in [2.45, 2.75) is 44.4 Å². The first-order chi connectivity index (χ1) is 16.5. The maximum atomic E-state index is 13.2. The second-order valence-corrected chi connectivity index (χ2v) is 9.14. The normalized spacial score (nSPS) is 14.7. The summed E-state index contributed by atoms with van der Waals surface area (Å²) in [6.45, 7) is 3.69. The fourth-order valence-corrected chi connectivity index (χ4v) is 4.88. The number of carbonyl (C=O) groups excluding carboxylic acids is 1. The van der Waals surface area contributed by atoms with Crippen molar-refractivity contribution in [1.29, 1.82) is 0 Å². The van der Waals surface area contributed by atoms with E-state index in [0.29, 0.717) is 22.1 Å². The van der Waals surface area contributed by atoms with E-state index in [-0.39, 0.29) is 11.5 Å². The summed E-state index contributed by atoms with van der Waals surface area (Å²) in [6.07, 6.45) is 6.57. The average Bonchev–Trinajstić information content (AvgIpc) is 2.85. The molecule has 0 radical (unpaired) electrons. The number of nitrogens with zero attached hydrogens (tertiary/aromatic N) is 3. The molecule has 34 heavy (non-hydrogen) atoms. The maximum absolute atomic E-state index is 13.2. The number of thioether (sulfide) groups is 1. The van der Waals surface area contributed by atoms with E-state index in [1.165, 1.54) is 18.7 Å². The van der Waals surface area contributed by atoms with Crippen molar-refractivity contribution < 1.29 is 14.2 Å². The number of benzene rings is 2. The van der Waals surface area contributed by atoms with E-state index in [4.69, 9.17) is 9.84 Å². The summed E-state index contributed by atoms with van der Waals surface area (Å²) in [5.41, 5.74) is 2.55. The van der Waals surface area contributed by atoms with Gasteiger partial charge in [0, 0.05) is 23.9 Å². The minimum absolute atomic E-state index is 0.130. The molecule has 0 saturated heterocycles. The van der Waals surface area contributed by atoms with E-state index in [0.717, 1.165) is 36.3 Å². The van der Waals surface area contributed by atoms with E-state index in [1.807, 2.05) is 60.7 Å². The first-order valence-electron chi connectivity index (χ1n) is 11.4. The van der Waals surface area contributed by atoms with Crippen LogP contribution in [0, 0.1) is 0 Å². The number of fused-ring (bicyclic) bond motifs is 3. The fraction of sp³-hybridized carbons (Fsp3) is 0.308. The van der Waals surface area contributed by atoms with Gasteiger partial charge in [-0.05, 0) is 40.9 Å². The van der Waals surface area contributed by atoms with E-state index in [1.54, 1.807) is 16.7 Å². The van der Waals surface area contributed by atoms with Gasteiger partial charge >= 0.3 is 11.3 Å². The molecular weight excluding hydrogens is 448 g/mol. The van der Waals surface area contributed by atoms with Crippen molar-refractivity contribution in [2.24, 2.45) is 0 Å². The molecule has 0 bridgehead atoms. The molecule has 2 aromatic carbocycles. The molecule has 7 nitrogen and oxygen atoms in total. The number of ether oxygens (including phenoxy) is 1. The number of hydrogen-bond donors (Lipinski definition) is 1. The molecule has 1 aliphatic rings. The number of aromatic amines is 1. The number of amides is 1. The lowest BCUT2D eigenvalue weighted by Crippen LogP contribution is -2.59. The van der Waals surface area contributed by atoms with Gasteiger partial charge in [-0.2, -0.15) is 0 Å². The highest BCUT2D eigenvalue weighted by molar-refractivity contribution is 7.99. The molecule has 8 heteroatoms. The van der Waals surface area contributed by atoms with Crippen LogP contribution in [0.3, 0.4) is 0 Å². The summed E-state index contributed by atoms with van der Waals surface area (Å²) in [5.74, 6) is 1.51. The van der Waals surface area contributed by atoms with Crippen molar-refractivity contribution >= 4 is 29.4 Å². The number of carbonyl (C=O) groups is 1. The Labute approximate surface area is 203 Å². The second kappa shape index (κ2) is 10.7. The SMILES string of the molecule is CCCCCSc1n[n+]2c(c(=O)[nH]1)-c1ccccc1N(C(C)=O)[C@H]2/C=C/c1ccc(OC)cc1. The Morgan fingerprint density at radius 2 is 1.97 bits per heavy atom. The fourth-order valence-electron chi connectivity index (χ4n) is 4.03. The zero-order valence-electron chi connectivity index (χ0n) is 19.7. The maximum Gasteiger partial charge on any atom is 0.325 e. The third kappa shape index (κ3) is 4.92. The zero-order valence-corrected chi connectivity index (χ0v) is 20.5. The summed E-state index contributed by atoms with van der Waals surface area (Å²) in [5, 5.41) is 5.33. The van der Waals surface area contributed by atoms with Gasteiger partial charge in [0.1, 0.15) is 5.75 Å². The number of anilines is 1. The minimum Gasteiger partial charge on any atom is -0.497 e. The van der Waals surface area contributed by atoms with Crippen LogP contribution in [0.1, 0.15) is 44.8 Å². The van der Waals surface area contributed by atoms with E-state index in [9.17, 15) is 9.59 Å². The lowest BCUT2D eigenvalue weighted by Gasteiger charge is -2.29. The van der Waals surface area contributed by atoms with Crippen molar-refractivity contribution in [3.63, 3.8) is 0 Å². The molecule has 1 N–H and O–H groups in total. The van der Waals surface area contributed by atoms with Crippen LogP contribution in [0.2, 0.25) is 0 Å². The highest BCUT2D eigenvalue weighted by Gasteiger charge is 2.42. The smallest absolute Gasteiger partial charge is 0.325 e. The first kappa shape index (κ1) is 23.8. The Morgan fingerprint density at radius 1 is 1.21 bits per heavy atom. The van der Waals surface area contributed by atoms with Crippen LogP contribution in [-0.2, 0) is 4.79 Å². The number of hydrogen-bond acceptors (Lipinski definition) is 5. The van der Waals surface area contributed by atoms with E-state index < -0.39 is 6.17 Å². The summed E-state index contributed by atoms with van der Waals surface area (Å²) in [6, 6.07) is 15.1. The minimum atomic E-state index is -0.582.